The monoisotopic (exact) mass is 376 g/mol. The summed E-state index contributed by atoms with van der Waals surface area (Å²) in [6.07, 6.45) is 1.97. The Kier molecular flexibility index (Phi) is 6.59. The molecule has 0 bridgehead atoms. The van der Waals surface area contributed by atoms with E-state index < -0.39 is 0 Å². The van der Waals surface area contributed by atoms with E-state index in [0.717, 1.165) is 29.3 Å². The van der Waals surface area contributed by atoms with E-state index in [1.807, 2.05) is 49.4 Å². The molecule has 0 aliphatic carbocycles. The van der Waals surface area contributed by atoms with Crippen LogP contribution in [0.5, 0.6) is 0 Å². The summed E-state index contributed by atoms with van der Waals surface area (Å²) in [6.45, 7) is 2.36. The summed E-state index contributed by atoms with van der Waals surface area (Å²) in [5, 5.41) is 7.78. The topological polar surface area (TPSA) is 58.2 Å². The predicted octanol–water partition coefficient (Wildman–Crippen LogP) is 3.85. The molecule has 23 heavy (non-hydrogen) atoms. The first-order chi connectivity index (χ1) is 11.1. The zero-order chi connectivity index (χ0) is 16.7. The molecule has 2 aromatic carbocycles. The van der Waals surface area contributed by atoms with Crippen LogP contribution < -0.4 is 10.6 Å². The Bertz CT molecular complexity index is 682. The summed E-state index contributed by atoms with van der Waals surface area (Å²) in [7, 11) is 0. The molecule has 0 aliphatic rings. The lowest BCUT2D eigenvalue weighted by Gasteiger charge is -2.11. The van der Waals surface area contributed by atoms with Crippen LogP contribution in [-0.2, 0) is 9.59 Å². The van der Waals surface area contributed by atoms with Gasteiger partial charge in [0, 0.05) is 24.0 Å². The Morgan fingerprint density at radius 2 is 1.87 bits per heavy atom. The summed E-state index contributed by atoms with van der Waals surface area (Å²) in [5.74, 6) is -0.173. The van der Waals surface area contributed by atoms with Crippen LogP contribution in [0.25, 0.3) is 10.8 Å². The van der Waals surface area contributed by atoms with Crippen molar-refractivity contribution in [3.05, 3.63) is 42.5 Å². The fourth-order valence-electron chi connectivity index (χ4n) is 2.34. The molecule has 0 saturated carbocycles. The third-order valence-corrected chi connectivity index (χ3v) is 4.42. The third-order valence-electron chi connectivity index (χ3n) is 3.54. The number of fused-ring (bicyclic) bond motifs is 1. The van der Waals surface area contributed by atoms with Crippen LogP contribution in [0.2, 0.25) is 0 Å². The van der Waals surface area contributed by atoms with Gasteiger partial charge >= 0.3 is 0 Å². The van der Waals surface area contributed by atoms with Gasteiger partial charge in [0.25, 0.3) is 0 Å². The lowest BCUT2D eigenvalue weighted by atomic mass is 10.1. The number of hydrogen-bond donors (Lipinski definition) is 2. The van der Waals surface area contributed by atoms with Gasteiger partial charge in [-0.25, -0.2) is 0 Å². The van der Waals surface area contributed by atoms with Crippen molar-refractivity contribution < 1.29 is 9.59 Å². The molecule has 0 saturated heterocycles. The highest BCUT2D eigenvalue weighted by molar-refractivity contribution is 9.10. The van der Waals surface area contributed by atoms with E-state index >= 15 is 0 Å². The number of carbonyl (C=O) groups is 2. The minimum Gasteiger partial charge on any atom is -0.355 e. The fraction of sp³-hybridized carbons (Fsp3) is 0.333. The number of rotatable bonds is 7. The Hall–Kier alpha value is -1.88. The maximum atomic E-state index is 12.1. The van der Waals surface area contributed by atoms with E-state index in [-0.39, 0.29) is 23.1 Å². The van der Waals surface area contributed by atoms with Gasteiger partial charge in [0.05, 0.1) is 4.83 Å². The molecule has 0 radical (unpaired) electrons. The molecule has 0 aliphatic heterocycles. The zero-order valence-electron chi connectivity index (χ0n) is 13.1. The normalized spacial score (nSPS) is 11.9. The Morgan fingerprint density at radius 3 is 2.65 bits per heavy atom. The average molecular weight is 377 g/mol. The number of benzene rings is 2. The van der Waals surface area contributed by atoms with E-state index in [4.69, 9.17) is 0 Å². The smallest absolute Gasteiger partial charge is 0.233 e. The maximum Gasteiger partial charge on any atom is 0.233 e. The molecule has 4 nitrogen and oxygen atoms in total. The largest absolute Gasteiger partial charge is 0.355 e. The minimum absolute atomic E-state index is 0.0650. The van der Waals surface area contributed by atoms with E-state index in [2.05, 4.69) is 26.6 Å². The van der Waals surface area contributed by atoms with E-state index in [1.165, 1.54) is 0 Å². The zero-order valence-corrected chi connectivity index (χ0v) is 14.7. The lowest BCUT2D eigenvalue weighted by molar-refractivity contribution is -0.120. The number of anilines is 1. The fourth-order valence-corrected chi connectivity index (χ4v) is 2.96. The first-order valence-corrected chi connectivity index (χ1v) is 8.72. The van der Waals surface area contributed by atoms with Gasteiger partial charge < -0.3 is 10.6 Å². The number of nitrogens with one attached hydrogen (secondary N) is 2. The highest BCUT2D eigenvalue weighted by Crippen LogP contribution is 2.22. The van der Waals surface area contributed by atoms with Crippen LogP contribution in [0.4, 0.5) is 5.69 Å². The third kappa shape index (κ3) is 5.06. The van der Waals surface area contributed by atoms with Crippen molar-refractivity contribution in [2.75, 3.05) is 11.9 Å². The number of alkyl halides is 1. The molecule has 0 heterocycles. The first-order valence-electron chi connectivity index (χ1n) is 7.81. The molecule has 5 heteroatoms. The van der Waals surface area contributed by atoms with Gasteiger partial charge in [0.1, 0.15) is 0 Å². The van der Waals surface area contributed by atoms with Gasteiger partial charge in [0.15, 0.2) is 0 Å². The SMILES string of the molecule is CCC[C@@H](Br)C(=O)NCCC(=O)Nc1cccc2ccccc12. The van der Waals surface area contributed by atoms with E-state index in [9.17, 15) is 9.59 Å². The Balaban J connectivity index is 1.86. The molecule has 2 rings (SSSR count). The van der Waals surface area contributed by atoms with Crippen LogP contribution in [-0.4, -0.2) is 23.2 Å². The molecule has 1 atom stereocenters. The van der Waals surface area contributed by atoms with Crippen LogP contribution >= 0.6 is 15.9 Å². The molecular formula is C18H21BrN2O2. The predicted molar refractivity (Wildman–Crippen MR) is 97.8 cm³/mol. The highest BCUT2D eigenvalue weighted by Gasteiger charge is 2.13. The number of amides is 2. The van der Waals surface area contributed by atoms with Crippen molar-refractivity contribution in [2.45, 2.75) is 31.0 Å². The second kappa shape index (κ2) is 8.67. The molecule has 0 fully saturated rings. The number of hydrogen-bond acceptors (Lipinski definition) is 2. The molecular weight excluding hydrogens is 356 g/mol. The summed E-state index contributed by atoms with van der Waals surface area (Å²) in [4.78, 5) is 23.6. The van der Waals surface area contributed by atoms with Crippen molar-refractivity contribution in [1.82, 2.24) is 5.32 Å². The number of carbonyl (C=O) groups excluding carboxylic acids is 2. The van der Waals surface area contributed by atoms with Gasteiger partial charge in [-0.05, 0) is 17.9 Å². The second-order valence-corrected chi connectivity index (χ2v) is 6.48. The van der Waals surface area contributed by atoms with Crippen molar-refractivity contribution in [3.8, 4) is 0 Å². The molecule has 122 valence electrons. The van der Waals surface area contributed by atoms with Crippen molar-refractivity contribution in [2.24, 2.45) is 0 Å². The summed E-state index contributed by atoms with van der Waals surface area (Å²) in [6, 6.07) is 13.7. The molecule has 2 aromatic rings. The Labute approximate surface area is 144 Å². The standard InChI is InChI=1S/C18H21BrN2O2/c1-2-6-15(19)18(23)20-12-11-17(22)21-16-10-5-8-13-7-3-4-9-14(13)16/h3-5,7-10,15H,2,6,11-12H2,1H3,(H,20,23)(H,21,22)/t15-/m1/s1. The van der Waals surface area contributed by atoms with Gasteiger partial charge in [-0.15, -0.1) is 0 Å². The lowest BCUT2D eigenvalue weighted by Crippen LogP contribution is -2.33. The van der Waals surface area contributed by atoms with Gasteiger partial charge in [-0.2, -0.15) is 0 Å². The second-order valence-electron chi connectivity index (χ2n) is 5.37. The van der Waals surface area contributed by atoms with E-state index in [1.54, 1.807) is 0 Å². The Morgan fingerprint density at radius 1 is 1.13 bits per heavy atom. The molecule has 2 N–H and O–H groups in total. The summed E-state index contributed by atoms with van der Waals surface area (Å²) < 4.78 is 0. The summed E-state index contributed by atoms with van der Waals surface area (Å²) in [5.41, 5.74) is 0.795. The molecule has 0 aromatic heterocycles. The molecule has 0 spiro atoms. The van der Waals surface area contributed by atoms with Crippen molar-refractivity contribution in [1.29, 1.82) is 0 Å². The molecule has 2 amide bonds. The van der Waals surface area contributed by atoms with Crippen LogP contribution in [0, 0.1) is 0 Å². The van der Waals surface area contributed by atoms with Crippen LogP contribution in [0.15, 0.2) is 42.5 Å². The minimum atomic E-state index is -0.186. The maximum absolute atomic E-state index is 12.1. The van der Waals surface area contributed by atoms with Crippen molar-refractivity contribution >= 4 is 44.2 Å². The van der Waals surface area contributed by atoms with E-state index in [0.29, 0.717) is 6.54 Å². The quantitative estimate of drug-likeness (QED) is 0.721. The van der Waals surface area contributed by atoms with Crippen LogP contribution in [0.1, 0.15) is 26.2 Å². The van der Waals surface area contributed by atoms with Gasteiger partial charge in [-0.3, -0.25) is 9.59 Å². The van der Waals surface area contributed by atoms with Gasteiger partial charge in [0.2, 0.25) is 11.8 Å². The van der Waals surface area contributed by atoms with Crippen molar-refractivity contribution in [3.63, 3.8) is 0 Å². The number of halogens is 1. The van der Waals surface area contributed by atoms with Gasteiger partial charge in [-0.1, -0.05) is 65.7 Å². The van der Waals surface area contributed by atoms with Crippen LogP contribution in [0.3, 0.4) is 0 Å². The average Bonchev–Trinajstić information content (AvgIpc) is 2.55. The molecule has 0 unspecified atom stereocenters. The summed E-state index contributed by atoms with van der Waals surface area (Å²) >= 11 is 3.34. The highest BCUT2D eigenvalue weighted by atomic mass is 79.9. The first kappa shape index (κ1) is 17.5.